The molecule has 0 radical (unpaired) electrons. The molecule has 1 heterocycles. The van der Waals surface area contributed by atoms with Crippen LogP contribution in [0.3, 0.4) is 0 Å². The highest BCUT2D eigenvalue weighted by Gasteiger charge is 2.29. The zero-order valence-electron chi connectivity index (χ0n) is 17.7. The Bertz CT molecular complexity index is 448. The summed E-state index contributed by atoms with van der Waals surface area (Å²) >= 11 is 0. The lowest BCUT2D eigenvalue weighted by atomic mass is 9.82. The van der Waals surface area contributed by atoms with Gasteiger partial charge in [-0.15, -0.1) is 0 Å². The molecule has 0 spiro atoms. The lowest BCUT2D eigenvalue weighted by Gasteiger charge is -2.34. The molecule has 1 saturated carbocycles. The van der Waals surface area contributed by atoms with Crippen molar-refractivity contribution in [3.63, 3.8) is 0 Å². The second-order valence-electron chi connectivity index (χ2n) is 9.57. The molecule has 1 aliphatic carbocycles. The number of rotatable bonds is 11. The van der Waals surface area contributed by atoms with Gasteiger partial charge in [-0.05, 0) is 76.8 Å². The van der Waals surface area contributed by atoms with E-state index in [1.165, 1.54) is 12.8 Å². The molecule has 3 atom stereocenters. The van der Waals surface area contributed by atoms with E-state index in [-0.39, 0.29) is 17.6 Å². The lowest BCUT2D eigenvalue weighted by molar-refractivity contribution is -0.162. The molecule has 1 unspecified atom stereocenters. The van der Waals surface area contributed by atoms with Gasteiger partial charge >= 0.3 is 5.97 Å². The van der Waals surface area contributed by atoms with Crippen molar-refractivity contribution in [3.8, 4) is 0 Å². The van der Waals surface area contributed by atoms with Crippen LogP contribution in [0.1, 0.15) is 91.4 Å². The summed E-state index contributed by atoms with van der Waals surface area (Å²) in [6.07, 6.45) is 11.2. The normalized spacial score (nSPS) is 24.8. The molecule has 2 fully saturated rings. The molecular weight excluding hydrogens is 342 g/mol. The molecule has 0 bridgehead atoms. The van der Waals surface area contributed by atoms with Crippen LogP contribution in [0.2, 0.25) is 0 Å². The predicted octanol–water partition coefficient (Wildman–Crippen LogP) is 4.43. The molecule has 0 amide bonds. The molecule has 0 aromatic carbocycles. The zero-order chi connectivity index (χ0) is 19.9. The molecule has 2 N–H and O–H groups in total. The summed E-state index contributed by atoms with van der Waals surface area (Å²) in [6.45, 7) is 8.45. The van der Waals surface area contributed by atoms with E-state index in [0.717, 1.165) is 70.9 Å². The number of aliphatic carboxylic acids is 1. The molecular formula is C22H41NO4. The minimum atomic E-state index is -0.666. The zero-order valence-corrected chi connectivity index (χ0v) is 17.7. The number of aliphatic hydroxyl groups is 1. The summed E-state index contributed by atoms with van der Waals surface area (Å²) in [6, 6.07) is -0.285. The molecule has 0 aromatic heterocycles. The van der Waals surface area contributed by atoms with Crippen molar-refractivity contribution in [1.29, 1.82) is 0 Å². The number of ether oxygens (including phenoxy) is 1. The predicted molar refractivity (Wildman–Crippen MR) is 108 cm³/mol. The summed E-state index contributed by atoms with van der Waals surface area (Å²) in [7, 11) is 0. The molecule has 27 heavy (non-hydrogen) atoms. The summed E-state index contributed by atoms with van der Waals surface area (Å²) in [5, 5.41) is 19.6. The summed E-state index contributed by atoms with van der Waals surface area (Å²) < 4.78 is 5.85. The van der Waals surface area contributed by atoms with Crippen LogP contribution in [0.25, 0.3) is 0 Å². The molecule has 5 nitrogen and oxygen atoms in total. The number of hydrogen-bond acceptors (Lipinski definition) is 4. The Kier molecular flexibility index (Phi) is 9.03. The van der Waals surface area contributed by atoms with E-state index in [1.807, 2.05) is 0 Å². The average Bonchev–Trinajstić information content (AvgIpc) is 3.15. The number of likely N-dealkylation sites (tertiary alicyclic amines) is 1. The Morgan fingerprint density at radius 1 is 1.15 bits per heavy atom. The van der Waals surface area contributed by atoms with Gasteiger partial charge in [0.05, 0.1) is 6.10 Å². The monoisotopic (exact) mass is 383 g/mol. The maximum absolute atomic E-state index is 11.4. The number of carboxylic acids is 1. The van der Waals surface area contributed by atoms with Crippen molar-refractivity contribution in [2.24, 2.45) is 11.3 Å². The van der Waals surface area contributed by atoms with Gasteiger partial charge < -0.3 is 14.9 Å². The summed E-state index contributed by atoms with van der Waals surface area (Å²) in [5.74, 6) is -0.340. The van der Waals surface area contributed by atoms with Crippen LogP contribution in [-0.4, -0.2) is 52.6 Å². The minimum absolute atomic E-state index is 0.0818. The van der Waals surface area contributed by atoms with Gasteiger partial charge in [-0.1, -0.05) is 33.1 Å². The van der Waals surface area contributed by atoms with Crippen LogP contribution >= 0.6 is 0 Å². The van der Waals surface area contributed by atoms with Gasteiger partial charge in [-0.25, -0.2) is 0 Å². The summed E-state index contributed by atoms with van der Waals surface area (Å²) in [4.78, 5) is 13.6. The number of carboxylic acid groups (broad SMARTS) is 1. The molecule has 2 aliphatic rings. The van der Waals surface area contributed by atoms with Crippen LogP contribution in [0.15, 0.2) is 0 Å². The fourth-order valence-electron chi connectivity index (χ4n) is 4.68. The van der Waals surface area contributed by atoms with E-state index in [4.69, 9.17) is 4.74 Å². The maximum Gasteiger partial charge on any atom is 0.320 e. The van der Waals surface area contributed by atoms with E-state index in [9.17, 15) is 15.0 Å². The maximum atomic E-state index is 11.4. The molecule has 1 saturated heterocycles. The average molecular weight is 384 g/mol. The third-order valence-corrected chi connectivity index (χ3v) is 6.60. The van der Waals surface area contributed by atoms with Crippen molar-refractivity contribution >= 4 is 5.97 Å². The van der Waals surface area contributed by atoms with Crippen molar-refractivity contribution in [2.45, 2.75) is 110 Å². The first-order valence-electron chi connectivity index (χ1n) is 11.1. The second kappa shape index (κ2) is 10.8. The Morgan fingerprint density at radius 3 is 2.48 bits per heavy atom. The van der Waals surface area contributed by atoms with Crippen molar-refractivity contribution in [2.75, 3.05) is 13.1 Å². The van der Waals surface area contributed by atoms with Gasteiger partial charge in [0.25, 0.3) is 0 Å². The third kappa shape index (κ3) is 7.71. The van der Waals surface area contributed by atoms with Crippen molar-refractivity contribution in [1.82, 2.24) is 4.90 Å². The Morgan fingerprint density at radius 2 is 1.81 bits per heavy atom. The highest BCUT2D eigenvalue weighted by Crippen LogP contribution is 2.32. The highest BCUT2D eigenvalue weighted by atomic mass is 16.6. The Hall–Kier alpha value is -0.650. The van der Waals surface area contributed by atoms with Gasteiger partial charge in [0.2, 0.25) is 0 Å². The molecule has 158 valence electrons. The van der Waals surface area contributed by atoms with Gasteiger partial charge in [-0.2, -0.15) is 0 Å². The molecule has 5 heteroatoms. The standard InChI is InChI=1S/C22H41NO4/c1-17(27-21(26)18-9-4-5-10-18)12-14-22(2,3)13-8-16-23-15-7-6-11-19(23)20(24)25/h17-19,21,26H,4-16H2,1-3H3,(H,24,25)/t17?,19-,21-/m1/s1. The van der Waals surface area contributed by atoms with Crippen LogP contribution in [0, 0.1) is 11.3 Å². The molecule has 2 rings (SSSR count). The fraction of sp³-hybridized carbons (Fsp3) is 0.955. The number of hydrogen-bond donors (Lipinski definition) is 2. The first kappa shape index (κ1) is 22.6. The number of aliphatic hydroxyl groups excluding tert-OH is 1. The van der Waals surface area contributed by atoms with Gasteiger partial charge in [-0.3, -0.25) is 9.69 Å². The second-order valence-corrected chi connectivity index (χ2v) is 9.57. The quantitative estimate of drug-likeness (QED) is 0.517. The minimum Gasteiger partial charge on any atom is -0.480 e. The first-order valence-corrected chi connectivity index (χ1v) is 11.1. The largest absolute Gasteiger partial charge is 0.480 e. The van der Waals surface area contributed by atoms with Crippen LogP contribution in [0.4, 0.5) is 0 Å². The summed E-state index contributed by atoms with van der Waals surface area (Å²) in [5.41, 5.74) is 0.213. The number of carbonyl (C=O) groups is 1. The SMILES string of the molecule is CC(CCC(C)(C)CCCN1CCCC[C@@H]1C(=O)O)O[C@@H](O)C1CCCC1. The topological polar surface area (TPSA) is 70.0 Å². The van der Waals surface area contributed by atoms with Crippen molar-refractivity contribution in [3.05, 3.63) is 0 Å². The fourth-order valence-corrected chi connectivity index (χ4v) is 4.68. The molecule has 0 aromatic rings. The van der Waals surface area contributed by atoms with E-state index >= 15 is 0 Å². The highest BCUT2D eigenvalue weighted by molar-refractivity contribution is 5.73. The molecule has 1 aliphatic heterocycles. The van der Waals surface area contributed by atoms with Gasteiger partial charge in [0.1, 0.15) is 6.04 Å². The lowest BCUT2D eigenvalue weighted by Crippen LogP contribution is -2.45. The Balaban J connectivity index is 1.65. The first-order chi connectivity index (χ1) is 12.8. The van der Waals surface area contributed by atoms with Gasteiger partial charge in [0.15, 0.2) is 6.29 Å². The van der Waals surface area contributed by atoms with Gasteiger partial charge in [0, 0.05) is 5.92 Å². The van der Waals surface area contributed by atoms with E-state index < -0.39 is 12.3 Å². The number of nitrogens with zero attached hydrogens (tertiary/aromatic N) is 1. The van der Waals surface area contributed by atoms with E-state index in [2.05, 4.69) is 25.7 Å². The third-order valence-electron chi connectivity index (χ3n) is 6.60. The van der Waals surface area contributed by atoms with Crippen LogP contribution < -0.4 is 0 Å². The van der Waals surface area contributed by atoms with Crippen molar-refractivity contribution < 1.29 is 19.7 Å². The smallest absolute Gasteiger partial charge is 0.320 e. The Labute approximate surface area is 165 Å². The van der Waals surface area contributed by atoms with E-state index in [0.29, 0.717) is 5.92 Å². The van der Waals surface area contributed by atoms with E-state index in [1.54, 1.807) is 0 Å². The van der Waals surface area contributed by atoms with Crippen LogP contribution in [0.5, 0.6) is 0 Å². The van der Waals surface area contributed by atoms with Crippen LogP contribution in [-0.2, 0) is 9.53 Å². The number of piperidine rings is 1.